The minimum absolute atomic E-state index is 0.160. The lowest BCUT2D eigenvalue weighted by Gasteiger charge is -2.23. The summed E-state index contributed by atoms with van der Waals surface area (Å²) in [6.45, 7) is 8.67. The molecule has 6 heteroatoms. The summed E-state index contributed by atoms with van der Waals surface area (Å²) in [5.74, 6) is 0.707. The van der Waals surface area contributed by atoms with Gasteiger partial charge in [-0.2, -0.15) is 0 Å². The third-order valence-electron chi connectivity index (χ3n) is 4.44. The summed E-state index contributed by atoms with van der Waals surface area (Å²) in [6, 6.07) is 6.30. The maximum absolute atomic E-state index is 10.8. The van der Waals surface area contributed by atoms with Gasteiger partial charge in [-0.3, -0.25) is 4.79 Å². The Morgan fingerprint density at radius 3 is 2.83 bits per heavy atom. The SMILES string of the molecule is CC(C)N1CCC(CN(C)Cc2ccc(OCC(N)=O)c(Cl)c2)C1. The van der Waals surface area contributed by atoms with Gasteiger partial charge < -0.3 is 20.3 Å². The molecule has 0 spiro atoms. The Hall–Kier alpha value is -1.30. The molecule has 5 nitrogen and oxygen atoms in total. The van der Waals surface area contributed by atoms with Gasteiger partial charge in [0.2, 0.25) is 0 Å². The lowest BCUT2D eigenvalue weighted by Crippen LogP contribution is -2.31. The molecule has 1 heterocycles. The van der Waals surface area contributed by atoms with E-state index in [1.807, 2.05) is 12.1 Å². The number of ether oxygens (including phenoxy) is 1. The Morgan fingerprint density at radius 1 is 1.50 bits per heavy atom. The Morgan fingerprint density at radius 2 is 2.25 bits per heavy atom. The van der Waals surface area contributed by atoms with E-state index in [4.69, 9.17) is 22.1 Å². The van der Waals surface area contributed by atoms with Gasteiger partial charge in [-0.25, -0.2) is 0 Å². The van der Waals surface area contributed by atoms with Gasteiger partial charge >= 0.3 is 0 Å². The summed E-state index contributed by atoms with van der Waals surface area (Å²) in [6.07, 6.45) is 1.27. The highest BCUT2D eigenvalue weighted by atomic mass is 35.5. The van der Waals surface area contributed by atoms with Crippen molar-refractivity contribution in [2.75, 3.05) is 33.3 Å². The zero-order valence-corrected chi connectivity index (χ0v) is 15.6. The highest BCUT2D eigenvalue weighted by Gasteiger charge is 2.24. The molecular weight excluding hydrogens is 326 g/mol. The Kier molecular flexibility index (Phi) is 6.90. The number of nitrogens with zero attached hydrogens (tertiary/aromatic N) is 2. The average Bonchev–Trinajstić information content (AvgIpc) is 2.94. The minimum atomic E-state index is -0.512. The molecule has 1 amide bonds. The number of hydrogen-bond acceptors (Lipinski definition) is 4. The van der Waals surface area contributed by atoms with Crippen LogP contribution in [-0.2, 0) is 11.3 Å². The minimum Gasteiger partial charge on any atom is -0.482 e. The van der Waals surface area contributed by atoms with Gasteiger partial charge in [0.1, 0.15) is 5.75 Å². The van der Waals surface area contributed by atoms with Gasteiger partial charge in [-0.05, 0) is 57.5 Å². The van der Waals surface area contributed by atoms with Gasteiger partial charge in [0.15, 0.2) is 6.61 Å². The van der Waals surface area contributed by atoms with Crippen molar-refractivity contribution in [1.29, 1.82) is 0 Å². The molecule has 0 radical (unpaired) electrons. The number of likely N-dealkylation sites (tertiary alicyclic amines) is 1. The van der Waals surface area contributed by atoms with Crippen molar-refractivity contribution in [3.63, 3.8) is 0 Å². The summed E-state index contributed by atoms with van der Waals surface area (Å²) in [7, 11) is 2.14. The predicted octanol–water partition coefficient (Wildman–Crippen LogP) is 2.37. The van der Waals surface area contributed by atoms with Crippen molar-refractivity contribution in [1.82, 2.24) is 9.80 Å². The Labute approximate surface area is 149 Å². The van der Waals surface area contributed by atoms with Gasteiger partial charge in [-0.1, -0.05) is 17.7 Å². The number of halogens is 1. The van der Waals surface area contributed by atoms with Gasteiger partial charge in [-0.15, -0.1) is 0 Å². The third-order valence-corrected chi connectivity index (χ3v) is 4.73. The number of hydrogen-bond donors (Lipinski definition) is 1. The molecule has 1 atom stereocenters. The lowest BCUT2D eigenvalue weighted by atomic mass is 10.1. The number of carbonyl (C=O) groups is 1. The first kappa shape index (κ1) is 19.0. The molecule has 1 unspecified atom stereocenters. The second-order valence-corrected chi connectivity index (χ2v) is 7.37. The fourth-order valence-electron chi connectivity index (χ4n) is 3.21. The normalized spacial score (nSPS) is 18.5. The summed E-state index contributed by atoms with van der Waals surface area (Å²) in [4.78, 5) is 15.6. The maximum atomic E-state index is 10.8. The van der Waals surface area contributed by atoms with Crippen molar-refractivity contribution >= 4 is 17.5 Å². The van der Waals surface area contributed by atoms with Crippen LogP contribution in [-0.4, -0.2) is 55.0 Å². The van der Waals surface area contributed by atoms with E-state index in [0.29, 0.717) is 16.8 Å². The number of primary amides is 1. The first-order valence-electron chi connectivity index (χ1n) is 8.47. The van der Waals surface area contributed by atoms with Crippen LogP contribution < -0.4 is 10.5 Å². The monoisotopic (exact) mass is 353 g/mol. The molecule has 1 saturated heterocycles. The second kappa shape index (κ2) is 8.70. The first-order chi connectivity index (χ1) is 11.3. The third kappa shape index (κ3) is 5.65. The van der Waals surface area contributed by atoms with E-state index < -0.39 is 5.91 Å². The molecule has 1 aromatic carbocycles. The second-order valence-electron chi connectivity index (χ2n) is 6.96. The van der Waals surface area contributed by atoms with Crippen LogP contribution in [0.25, 0.3) is 0 Å². The Bertz CT molecular complexity index is 565. The molecule has 2 rings (SSSR count). The van der Waals surface area contributed by atoms with Crippen LogP contribution in [0.1, 0.15) is 25.8 Å². The summed E-state index contributed by atoms with van der Waals surface area (Å²) < 4.78 is 5.27. The summed E-state index contributed by atoms with van der Waals surface area (Å²) in [5.41, 5.74) is 6.21. The molecule has 1 aliphatic rings. The van der Waals surface area contributed by atoms with E-state index in [1.54, 1.807) is 6.07 Å². The molecule has 0 saturated carbocycles. The van der Waals surface area contributed by atoms with Crippen LogP contribution in [0.2, 0.25) is 5.02 Å². The number of carbonyl (C=O) groups excluding carboxylic acids is 1. The number of nitrogens with two attached hydrogens (primary N) is 1. The molecule has 0 bridgehead atoms. The van der Waals surface area contributed by atoms with E-state index in [1.165, 1.54) is 19.5 Å². The van der Waals surface area contributed by atoms with Crippen LogP contribution in [0, 0.1) is 5.92 Å². The molecule has 1 aliphatic heterocycles. The summed E-state index contributed by atoms with van der Waals surface area (Å²) >= 11 is 6.22. The van der Waals surface area contributed by atoms with Gasteiger partial charge in [0, 0.05) is 25.7 Å². The van der Waals surface area contributed by atoms with Gasteiger partial charge in [0.25, 0.3) is 5.91 Å². The lowest BCUT2D eigenvalue weighted by molar-refractivity contribution is -0.119. The molecule has 134 valence electrons. The maximum Gasteiger partial charge on any atom is 0.255 e. The molecule has 0 aliphatic carbocycles. The topological polar surface area (TPSA) is 58.8 Å². The van der Waals surface area contributed by atoms with E-state index in [-0.39, 0.29) is 6.61 Å². The molecule has 2 N–H and O–H groups in total. The van der Waals surface area contributed by atoms with E-state index >= 15 is 0 Å². The number of amides is 1. The van der Waals surface area contributed by atoms with Crippen molar-refractivity contribution in [2.45, 2.75) is 32.9 Å². The fraction of sp³-hybridized carbons (Fsp3) is 0.611. The largest absolute Gasteiger partial charge is 0.482 e. The number of benzene rings is 1. The predicted molar refractivity (Wildman–Crippen MR) is 97.3 cm³/mol. The molecule has 24 heavy (non-hydrogen) atoms. The fourth-order valence-corrected chi connectivity index (χ4v) is 3.46. The van der Waals surface area contributed by atoms with E-state index in [9.17, 15) is 4.79 Å². The molecular formula is C18H28ClN3O2. The zero-order chi connectivity index (χ0) is 17.7. The van der Waals surface area contributed by atoms with Crippen LogP contribution in [0.3, 0.4) is 0 Å². The number of rotatable bonds is 8. The van der Waals surface area contributed by atoms with E-state index in [0.717, 1.165) is 24.6 Å². The van der Waals surface area contributed by atoms with Crippen molar-refractivity contribution in [3.8, 4) is 5.75 Å². The smallest absolute Gasteiger partial charge is 0.255 e. The standard InChI is InChI=1S/C18H28ClN3O2/c1-13(2)22-7-6-15(11-22)10-21(3)9-14-4-5-17(16(19)8-14)24-12-18(20)23/h4-5,8,13,15H,6-7,9-12H2,1-3H3,(H2,20,23). The van der Waals surface area contributed by atoms with Crippen LogP contribution >= 0.6 is 11.6 Å². The summed E-state index contributed by atoms with van der Waals surface area (Å²) in [5, 5.41) is 0.508. The van der Waals surface area contributed by atoms with E-state index in [2.05, 4.69) is 30.7 Å². The van der Waals surface area contributed by atoms with Crippen molar-refractivity contribution in [3.05, 3.63) is 28.8 Å². The molecule has 1 aromatic rings. The van der Waals surface area contributed by atoms with Crippen molar-refractivity contribution in [2.24, 2.45) is 11.7 Å². The van der Waals surface area contributed by atoms with Gasteiger partial charge in [0.05, 0.1) is 5.02 Å². The van der Waals surface area contributed by atoms with Crippen molar-refractivity contribution < 1.29 is 9.53 Å². The van der Waals surface area contributed by atoms with Crippen LogP contribution in [0.5, 0.6) is 5.75 Å². The highest BCUT2D eigenvalue weighted by molar-refractivity contribution is 6.32. The molecule has 1 fully saturated rings. The Balaban J connectivity index is 1.84. The first-order valence-corrected chi connectivity index (χ1v) is 8.85. The molecule has 0 aromatic heterocycles. The highest BCUT2D eigenvalue weighted by Crippen LogP contribution is 2.26. The quantitative estimate of drug-likeness (QED) is 0.779. The van der Waals surface area contributed by atoms with Crippen LogP contribution in [0.15, 0.2) is 18.2 Å². The average molecular weight is 354 g/mol. The zero-order valence-electron chi connectivity index (χ0n) is 14.8. The van der Waals surface area contributed by atoms with Crippen LogP contribution in [0.4, 0.5) is 0 Å².